The van der Waals surface area contributed by atoms with Gasteiger partial charge in [-0.1, -0.05) is 17.7 Å². The zero-order chi connectivity index (χ0) is 18.0. The van der Waals surface area contributed by atoms with Crippen molar-refractivity contribution < 1.29 is 18.1 Å². The van der Waals surface area contributed by atoms with Crippen molar-refractivity contribution >= 4 is 33.0 Å². The van der Waals surface area contributed by atoms with Gasteiger partial charge in [-0.25, -0.2) is 8.42 Å². The Morgan fingerprint density at radius 2 is 2.08 bits per heavy atom. The molecule has 2 saturated heterocycles. The molecule has 0 spiro atoms. The van der Waals surface area contributed by atoms with E-state index in [1.807, 2.05) is 18.2 Å². The van der Waals surface area contributed by atoms with Gasteiger partial charge in [-0.05, 0) is 24.6 Å². The predicted molar refractivity (Wildman–Crippen MR) is 99.1 cm³/mol. The van der Waals surface area contributed by atoms with Crippen molar-refractivity contribution in [2.24, 2.45) is 0 Å². The van der Waals surface area contributed by atoms with Gasteiger partial charge in [-0.2, -0.15) is 0 Å². The summed E-state index contributed by atoms with van der Waals surface area (Å²) >= 11 is 6.05. The molecule has 1 N–H and O–H groups in total. The topological polar surface area (TPSA) is 62.1 Å². The van der Waals surface area contributed by atoms with Crippen molar-refractivity contribution in [2.75, 3.05) is 56.2 Å². The molecule has 0 aromatic heterocycles. The largest absolute Gasteiger partial charge is 0.360 e. The minimum absolute atomic E-state index is 0.0355. The lowest BCUT2D eigenvalue weighted by molar-refractivity contribution is -0.892. The Labute approximate surface area is 154 Å². The van der Waals surface area contributed by atoms with E-state index in [1.54, 1.807) is 11.9 Å². The molecule has 0 unspecified atom stereocenters. The second kappa shape index (κ2) is 7.51. The third-order valence-electron chi connectivity index (χ3n) is 5.19. The maximum absolute atomic E-state index is 12.5. The maximum atomic E-state index is 12.5. The monoisotopic (exact) mass is 386 g/mol. The molecule has 138 valence electrons. The normalized spacial score (nSPS) is 23.6. The first-order valence-corrected chi connectivity index (χ1v) is 10.8. The number of rotatable bonds is 4. The van der Waals surface area contributed by atoms with Crippen molar-refractivity contribution in [2.45, 2.75) is 12.5 Å². The van der Waals surface area contributed by atoms with Crippen LogP contribution < -0.4 is 9.80 Å². The molecule has 1 aromatic carbocycles. The molecule has 3 rings (SSSR count). The van der Waals surface area contributed by atoms with Crippen LogP contribution in [0.1, 0.15) is 6.42 Å². The summed E-state index contributed by atoms with van der Waals surface area (Å²) in [5.41, 5.74) is 1.12. The fraction of sp³-hybridized carbons (Fsp3) is 0.588. The summed E-state index contributed by atoms with van der Waals surface area (Å²) in [5.74, 6) is 0.335. The van der Waals surface area contributed by atoms with E-state index in [4.69, 9.17) is 11.6 Å². The molecule has 8 heteroatoms. The Morgan fingerprint density at radius 3 is 2.68 bits per heavy atom. The molecule has 1 atom stereocenters. The fourth-order valence-corrected chi connectivity index (χ4v) is 5.51. The Balaban J connectivity index is 1.49. The number of carbonyl (C=O) groups excluding carboxylic acids is 1. The van der Waals surface area contributed by atoms with Gasteiger partial charge in [0.15, 0.2) is 16.4 Å². The lowest BCUT2D eigenvalue weighted by atomic mass is 10.2. The predicted octanol–water partition coefficient (Wildman–Crippen LogP) is -0.310. The van der Waals surface area contributed by atoms with Crippen LogP contribution in [-0.4, -0.2) is 76.5 Å². The smallest absolute Gasteiger partial charge is 0.277 e. The van der Waals surface area contributed by atoms with Crippen LogP contribution in [-0.2, 0) is 14.6 Å². The molecular formula is C17H25ClN3O3S+. The molecule has 6 nitrogen and oxygen atoms in total. The highest BCUT2D eigenvalue weighted by molar-refractivity contribution is 7.91. The first kappa shape index (κ1) is 18.5. The number of halogens is 1. The zero-order valence-electron chi connectivity index (χ0n) is 14.4. The van der Waals surface area contributed by atoms with Crippen LogP contribution in [0, 0.1) is 0 Å². The van der Waals surface area contributed by atoms with Gasteiger partial charge < -0.3 is 14.7 Å². The van der Waals surface area contributed by atoms with Crippen LogP contribution in [0.5, 0.6) is 0 Å². The molecule has 25 heavy (non-hydrogen) atoms. The quantitative estimate of drug-likeness (QED) is 0.771. The van der Waals surface area contributed by atoms with Crippen LogP contribution in [0.15, 0.2) is 24.3 Å². The van der Waals surface area contributed by atoms with Crippen molar-refractivity contribution in [3.8, 4) is 0 Å². The second-order valence-electron chi connectivity index (χ2n) is 6.96. The van der Waals surface area contributed by atoms with Crippen molar-refractivity contribution in [1.29, 1.82) is 0 Å². The van der Waals surface area contributed by atoms with Gasteiger partial charge >= 0.3 is 0 Å². The maximum Gasteiger partial charge on any atom is 0.277 e. The number of hydrogen-bond acceptors (Lipinski definition) is 4. The summed E-state index contributed by atoms with van der Waals surface area (Å²) < 4.78 is 23.2. The first-order chi connectivity index (χ1) is 11.8. The minimum atomic E-state index is -2.97. The molecule has 0 bridgehead atoms. The van der Waals surface area contributed by atoms with Gasteiger partial charge in [0.2, 0.25) is 0 Å². The molecular weight excluding hydrogens is 362 g/mol. The third kappa shape index (κ3) is 4.65. The van der Waals surface area contributed by atoms with Crippen LogP contribution in [0.2, 0.25) is 5.02 Å². The minimum Gasteiger partial charge on any atom is -0.360 e. The van der Waals surface area contributed by atoms with Gasteiger partial charge in [-0.3, -0.25) is 4.79 Å². The van der Waals surface area contributed by atoms with E-state index in [2.05, 4.69) is 11.0 Å². The average molecular weight is 387 g/mol. The van der Waals surface area contributed by atoms with Crippen LogP contribution in [0.3, 0.4) is 0 Å². The van der Waals surface area contributed by atoms with Gasteiger partial charge in [0.25, 0.3) is 5.91 Å². The fourth-order valence-electron chi connectivity index (χ4n) is 3.55. The number of carbonyl (C=O) groups is 1. The Morgan fingerprint density at radius 1 is 1.36 bits per heavy atom. The van der Waals surface area contributed by atoms with Gasteiger partial charge in [0.05, 0.1) is 37.7 Å². The number of benzene rings is 1. The molecule has 0 aliphatic carbocycles. The SMILES string of the molecule is CN(C(=O)C[NH+]1CCN(c2cccc(Cl)c2)CC1)[C@@H]1CCS(=O)(=O)C1. The summed E-state index contributed by atoms with van der Waals surface area (Å²) in [7, 11) is -1.24. The van der Waals surface area contributed by atoms with E-state index in [0.29, 0.717) is 13.0 Å². The van der Waals surface area contributed by atoms with Crippen LogP contribution >= 0.6 is 11.6 Å². The number of hydrogen-bond donors (Lipinski definition) is 1. The molecule has 1 aromatic rings. The van der Waals surface area contributed by atoms with Gasteiger partial charge in [0.1, 0.15) is 0 Å². The Bertz CT molecular complexity index is 732. The van der Waals surface area contributed by atoms with Crippen LogP contribution in [0.25, 0.3) is 0 Å². The molecule has 1 amide bonds. The lowest BCUT2D eigenvalue weighted by Gasteiger charge is -2.34. The number of amides is 1. The van der Waals surface area contributed by atoms with Crippen molar-refractivity contribution in [1.82, 2.24) is 4.90 Å². The highest BCUT2D eigenvalue weighted by Crippen LogP contribution is 2.19. The number of piperazine rings is 1. The second-order valence-corrected chi connectivity index (χ2v) is 9.62. The number of sulfone groups is 1. The van der Waals surface area contributed by atoms with E-state index in [1.165, 1.54) is 4.90 Å². The molecule has 2 aliphatic heterocycles. The summed E-state index contributed by atoms with van der Waals surface area (Å²) in [6.45, 7) is 3.95. The lowest BCUT2D eigenvalue weighted by Crippen LogP contribution is -3.16. The molecule has 0 saturated carbocycles. The van der Waals surface area contributed by atoms with Gasteiger partial charge in [0, 0.05) is 23.8 Å². The Kier molecular flexibility index (Phi) is 5.55. The number of nitrogens with one attached hydrogen (secondary N) is 1. The van der Waals surface area contributed by atoms with E-state index in [9.17, 15) is 13.2 Å². The average Bonchev–Trinajstić information content (AvgIpc) is 2.94. The molecule has 2 fully saturated rings. The summed E-state index contributed by atoms with van der Waals surface area (Å²) in [4.78, 5) is 17.7. The number of quaternary nitrogens is 1. The number of likely N-dealkylation sites (N-methyl/N-ethyl adjacent to an activating group) is 1. The number of nitrogens with zero attached hydrogens (tertiary/aromatic N) is 2. The first-order valence-electron chi connectivity index (χ1n) is 8.64. The van der Waals surface area contributed by atoms with E-state index < -0.39 is 9.84 Å². The van der Waals surface area contributed by atoms with E-state index in [-0.39, 0.29) is 23.5 Å². The molecule has 2 heterocycles. The highest BCUT2D eigenvalue weighted by atomic mass is 35.5. The third-order valence-corrected chi connectivity index (χ3v) is 7.18. The molecule has 2 aliphatic rings. The summed E-state index contributed by atoms with van der Waals surface area (Å²) in [5, 5.41) is 0.732. The van der Waals surface area contributed by atoms with E-state index in [0.717, 1.165) is 36.9 Å². The summed E-state index contributed by atoms with van der Waals surface area (Å²) in [6.07, 6.45) is 0.558. The Hall–Kier alpha value is -1.31. The van der Waals surface area contributed by atoms with Crippen LogP contribution in [0.4, 0.5) is 5.69 Å². The van der Waals surface area contributed by atoms with Crippen molar-refractivity contribution in [3.05, 3.63) is 29.3 Å². The summed E-state index contributed by atoms with van der Waals surface area (Å²) in [6, 6.07) is 7.67. The zero-order valence-corrected chi connectivity index (χ0v) is 16.0. The van der Waals surface area contributed by atoms with Crippen molar-refractivity contribution in [3.63, 3.8) is 0 Å². The molecule has 0 radical (unpaired) electrons. The standard InChI is InChI=1S/C17H24ClN3O3S/c1-19(16-5-10-25(23,24)13-16)17(22)12-20-6-8-21(9-7-20)15-4-2-3-14(18)11-15/h2-4,11,16H,5-10,12-13H2,1H3/p+1/t16-/m1/s1. The van der Waals surface area contributed by atoms with E-state index >= 15 is 0 Å². The number of anilines is 1. The van der Waals surface area contributed by atoms with Gasteiger partial charge in [-0.15, -0.1) is 0 Å². The highest BCUT2D eigenvalue weighted by Gasteiger charge is 2.34.